The van der Waals surface area contributed by atoms with Gasteiger partial charge in [-0.3, -0.25) is 0 Å². The van der Waals surface area contributed by atoms with Gasteiger partial charge in [-0.1, -0.05) is 133 Å². The fraction of sp³-hybridized carbons (Fsp3) is 0.310. The van der Waals surface area contributed by atoms with Crippen LogP contribution in [-0.2, 0) is 25.7 Å². The highest BCUT2D eigenvalue weighted by molar-refractivity contribution is 6.07. The van der Waals surface area contributed by atoms with Gasteiger partial charge in [0.05, 0.1) is 67.6 Å². The summed E-state index contributed by atoms with van der Waals surface area (Å²) in [5.41, 5.74) is 48.0. The number of aromatic nitrogens is 8. The van der Waals surface area contributed by atoms with Gasteiger partial charge in [0.2, 0.25) is 0 Å². The molecule has 16 bridgehead atoms. The van der Waals surface area contributed by atoms with Crippen molar-refractivity contribution < 1.29 is 0 Å². The summed E-state index contributed by atoms with van der Waals surface area (Å²) >= 11 is 0. The highest BCUT2D eigenvalue weighted by Crippen LogP contribution is 2.48. The van der Waals surface area contributed by atoms with E-state index in [9.17, 15) is 0 Å². The molecule has 0 atom stereocenters. The van der Waals surface area contributed by atoms with Crippen LogP contribution in [0.3, 0.4) is 0 Å². The molecule has 4 aliphatic heterocycles. The quantitative estimate of drug-likeness (QED) is 0.0975. The lowest BCUT2D eigenvalue weighted by molar-refractivity contribution is 1.14. The zero-order valence-corrected chi connectivity index (χ0v) is 57.7. The fourth-order valence-corrected chi connectivity index (χ4v) is 16.0. The molecule has 0 aliphatic carbocycles. The van der Waals surface area contributed by atoms with Crippen molar-refractivity contribution in [1.82, 2.24) is 39.9 Å². The first-order valence-electron chi connectivity index (χ1n) is 34.0. The number of hydrogen-bond donors (Lipinski definition) is 4. The Morgan fingerprint density at radius 3 is 0.739 bits per heavy atom. The molecule has 3 aromatic carbocycles. The molecule has 0 radical (unpaired) electrons. The van der Waals surface area contributed by atoms with Gasteiger partial charge in [0.15, 0.2) is 0 Å². The molecule has 0 spiro atoms. The minimum atomic E-state index is 0.828. The first-order chi connectivity index (χ1) is 44.4. The topological polar surface area (TPSA) is 115 Å². The van der Waals surface area contributed by atoms with E-state index < -0.39 is 0 Å². The van der Waals surface area contributed by atoms with Crippen molar-refractivity contribution in [3.05, 3.63) is 198 Å². The highest BCUT2D eigenvalue weighted by atomic mass is 14.8. The molecule has 6 aromatic heterocycles. The Balaban J connectivity index is 1.17. The number of aryl methyl sites for hydroxylation is 10. The van der Waals surface area contributed by atoms with Gasteiger partial charge in [-0.2, -0.15) is 0 Å². The Morgan fingerprint density at radius 1 is 0.272 bits per heavy atom. The van der Waals surface area contributed by atoms with Crippen LogP contribution < -0.4 is 0 Å². The molecule has 8 nitrogen and oxygen atoms in total. The number of rotatable bonds is 12. The van der Waals surface area contributed by atoms with Crippen LogP contribution in [-0.4, -0.2) is 39.9 Å². The molecule has 0 saturated heterocycles. The number of fused-ring (bicyclic) bond motifs is 16. The van der Waals surface area contributed by atoms with Gasteiger partial charge >= 0.3 is 0 Å². The van der Waals surface area contributed by atoms with Crippen LogP contribution >= 0.6 is 0 Å². The van der Waals surface area contributed by atoms with Crippen LogP contribution in [0, 0.1) is 41.5 Å². The molecule has 10 heterocycles. The van der Waals surface area contributed by atoms with E-state index in [1.54, 1.807) is 0 Å². The highest BCUT2D eigenvalue weighted by Gasteiger charge is 2.30. The average Bonchev–Trinajstić information content (AvgIpc) is 1.63. The average molecular weight is 1210 g/mol. The third-order valence-electron chi connectivity index (χ3n) is 21.1. The zero-order chi connectivity index (χ0) is 64.9. The Kier molecular flexibility index (Phi) is 16.2. The number of nitrogens with zero attached hydrogens (tertiary/aromatic N) is 4. The SMILES string of the molecule is CCC1=C(C)c2nc1cc1[nH]c(c(C)c1CC)c(-c1ccc(C)cc1)c1nc(cc3[nH]c(c(C)c3CC)c2-c2cccc(-c3c4nc(cc5[nH]c(c(C)c5CC)c(-c5ccc(C)cc5)c5nc(cc6[nH]c3c(C)c6CC)C(CC)=C5C)C(CC)=C4C)c2)C(CC)=C1C. The van der Waals surface area contributed by atoms with E-state index in [0.717, 1.165) is 186 Å². The van der Waals surface area contributed by atoms with Gasteiger partial charge in [0, 0.05) is 44.3 Å². The van der Waals surface area contributed by atoms with E-state index in [0.29, 0.717) is 0 Å². The molecule has 13 rings (SSSR count). The van der Waals surface area contributed by atoms with Crippen LogP contribution in [0.2, 0.25) is 0 Å². The maximum absolute atomic E-state index is 5.89. The monoisotopic (exact) mass is 1210 g/mol. The van der Waals surface area contributed by atoms with Gasteiger partial charge in [-0.25, -0.2) is 19.9 Å². The summed E-state index contributed by atoms with van der Waals surface area (Å²) < 4.78 is 0. The predicted molar refractivity (Wildman–Crippen MR) is 394 cm³/mol. The second-order valence-electron chi connectivity index (χ2n) is 26.1. The predicted octanol–water partition coefficient (Wildman–Crippen LogP) is 23.1. The van der Waals surface area contributed by atoms with E-state index in [2.05, 4.69) is 242 Å². The van der Waals surface area contributed by atoms with Crippen molar-refractivity contribution >= 4 is 88.7 Å². The van der Waals surface area contributed by atoms with Gasteiger partial charge in [-0.15, -0.1) is 0 Å². The summed E-state index contributed by atoms with van der Waals surface area (Å²) in [6.07, 6.45) is 6.78. The van der Waals surface area contributed by atoms with Crippen molar-refractivity contribution in [2.45, 2.75) is 176 Å². The summed E-state index contributed by atoms with van der Waals surface area (Å²) in [5.74, 6) is 0. The molecular formula is C84H90N8. The second-order valence-corrected chi connectivity index (χ2v) is 26.1. The summed E-state index contributed by atoms with van der Waals surface area (Å²) in [4.78, 5) is 39.7. The molecule has 0 unspecified atom stereocenters. The third kappa shape index (κ3) is 9.85. The lowest BCUT2D eigenvalue weighted by atomic mass is 9.91. The Labute approximate surface area is 544 Å². The van der Waals surface area contributed by atoms with Crippen LogP contribution in [0.4, 0.5) is 0 Å². The standard InChI is InChI=1S/C84H90N8/c1-19-57-45(11)77-73(53-34-30-43(9)31-35-53)78-46(12)58(20-2)66(86-78)40-70-62(24-6)50(16)82(90-70)75(81-49(15)61(23-5)69(89-81)39-65(57)85-77)55-28-27-29-56(38-55)76-83-51(17)63(25-7)71(91-83)41-67-59(21-3)47(13)79(87-67)74(54-36-32-44(10)33-37-54)80-48(14)60(22-4)68(88-80)42-72-64(26-8)52(18)84(76)92-72/h27-42,85,87,90,92H,19-26H2,1-18H3. The van der Waals surface area contributed by atoms with E-state index in [1.165, 1.54) is 100 Å². The Morgan fingerprint density at radius 2 is 0.511 bits per heavy atom. The summed E-state index contributed by atoms with van der Waals surface area (Å²) in [6, 6.07) is 36.6. The summed E-state index contributed by atoms with van der Waals surface area (Å²) in [6.45, 7) is 40.9. The second kappa shape index (κ2) is 24.2. The maximum Gasteiger partial charge on any atom is 0.0769 e. The van der Waals surface area contributed by atoms with Gasteiger partial charge in [-0.05, 0) is 262 Å². The normalized spacial score (nSPS) is 13.5. The van der Waals surface area contributed by atoms with Crippen molar-refractivity contribution in [1.29, 1.82) is 0 Å². The molecular weight excluding hydrogens is 1120 g/mol. The molecule has 0 amide bonds. The maximum atomic E-state index is 5.89. The number of allylic oxidation sites excluding steroid dienone is 8. The molecule has 4 N–H and O–H groups in total. The minimum Gasteiger partial charge on any atom is -0.354 e. The lowest BCUT2D eigenvalue weighted by Gasteiger charge is -2.12. The van der Waals surface area contributed by atoms with Gasteiger partial charge < -0.3 is 19.9 Å². The largest absolute Gasteiger partial charge is 0.354 e. The van der Waals surface area contributed by atoms with Gasteiger partial charge in [0.1, 0.15) is 0 Å². The molecule has 8 heteroatoms. The van der Waals surface area contributed by atoms with E-state index in [4.69, 9.17) is 19.9 Å². The first kappa shape index (κ1) is 61.7. The number of H-pyrrole nitrogens is 4. The van der Waals surface area contributed by atoms with Crippen molar-refractivity contribution in [3.8, 4) is 44.5 Å². The first-order valence-corrected chi connectivity index (χ1v) is 34.0. The van der Waals surface area contributed by atoms with Gasteiger partial charge in [0.25, 0.3) is 0 Å². The number of benzene rings is 3. The van der Waals surface area contributed by atoms with Crippen molar-refractivity contribution in [2.75, 3.05) is 0 Å². The molecule has 0 saturated carbocycles. The summed E-state index contributed by atoms with van der Waals surface area (Å²) in [5, 5.41) is 0. The summed E-state index contributed by atoms with van der Waals surface area (Å²) in [7, 11) is 0. The van der Waals surface area contributed by atoms with Crippen LogP contribution in [0.25, 0.3) is 133 Å². The van der Waals surface area contributed by atoms with Crippen LogP contribution in [0.15, 0.2) is 97.1 Å². The van der Waals surface area contributed by atoms with Crippen molar-refractivity contribution in [3.63, 3.8) is 0 Å². The fourth-order valence-electron chi connectivity index (χ4n) is 16.0. The van der Waals surface area contributed by atoms with Crippen molar-refractivity contribution in [2.24, 2.45) is 0 Å². The number of aromatic amines is 4. The van der Waals surface area contributed by atoms with E-state index in [1.807, 2.05) is 0 Å². The van der Waals surface area contributed by atoms with Crippen LogP contribution in [0.1, 0.15) is 210 Å². The van der Waals surface area contributed by atoms with E-state index in [-0.39, 0.29) is 0 Å². The molecule has 4 aliphatic rings. The smallest absolute Gasteiger partial charge is 0.0769 e. The molecule has 0 fully saturated rings. The lowest BCUT2D eigenvalue weighted by Crippen LogP contribution is -1.93. The molecule has 466 valence electrons. The number of nitrogens with one attached hydrogen (secondary N) is 4. The Hall–Kier alpha value is -9.14. The molecule has 92 heavy (non-hydrogen) atoms. The molecule has 9 aromatic rings. The van der Waals surface area contributed by atoms with Crippen LogP contribution in [0.5, 0.6) is 0 Å². The van der Waals surface area contributed by atoms with E-state index >= 15 is 0 Å². The Bertz CT molecular complexity index is 4770. The number of hydrogen-bond acceptors (Lipinski definition) is 4. The zero-order valence-electron chi connectivity index (χ0n) is 57.7. The minimum absolute atomic E-state index is 0.828. The third-order valence-corrected chi connectivity index (χ3v) is 21.1.